The van der Waals surface area contributed by atoms with Crippen LogP contribution in [0.5, 0.6) is 23.0 Å². The number of alkyl halides is 18. The van der Waals surface area contributed by atoms with Crippen LogP contribution in [0.4, 0.5) is 102 Å². The molecule has 0 aliphatic heterocycles. The molecule has 16 nitrogen and oxygen atoms in total. The fourth-order valence-corrected chi connectivity index (χ4v) is 9.18. The number of benzene rings is 4. The van der Waals surface area contributed by atoms with Gasteiger partial charge in [-0.15, -0.1) is 0 Å². The van der Waals surface area contributed by atoms with Crippen LogP contribution in [0.25, 0.3) is 0 Å². The van der Waals surface area contributed by atoms with Crippen LogP contribution >= 0.6 is 43.5 Å². The summed E-state index contributed by atoms with van der Waals surface area (Å²) in [6, 6.07) is 13.9. The summed E-state index contributed by atoms with van der Waals surface area (Å²) in [5, 5.41) is 1.23. The molecular formula is C54H39Br2ClF18N6O10. The first-order valence-corrected chi connectivity index (χ1v) is 26.2. The van der Waals surface area contributed by atoms with Crippen LogP contribution in [0.15, 0.2) is 119 Å². The van der Waals surface area contributed by atoms with Gasteiger partial charge in [0.15, 0.2) is 23.0 Å². The summed E-state index contributed by atoms with van der Waals surface area (Å²) in [5.41, 5.74) is -17.2. The van der Waals surface area contributed by atoms with Crippen molar-refractivity contribution in [2.45, 2.75) is 63.1 Å². The molecule has 0 spiro atoms. The summed E-state index contributed by atoms with van der Waals surface area (Å²) >= 11 is 10.6. The van der Waals surface area contributed by atoms with Gasteiger partial charge < -0.3 is 34.1 Å². The van der Waals surface area contributed by atoms with Crippen molar-refractivity contribution < 1.29 is 127 Å². The lowest BCUT2D eigenvalue weighted by Crippen LogP contribution is -2.50. The van der Waals surface area contributed by atoms with Gasteiger partial charge in [0.25, 0.3) is 23.0 Å². The minimum atomic E-state index is -6.63. The van der Waals surface area contributed by atoms with Crippen LogP contribution in [-0.4, -0.2) is 111 Å². The maximum Gasteiger partial charge on any atom is 0.435 e. The SMILES string of the molecule is CC(=O)Nc1c(Br)cc(C(F)(C(F)(F)F)C(F)(F)F)cc1OC(F)F.COc1c(C(=O)Cl)cccc1N(C)C(=O)c1ccncc1.COc1c(C(=O)N(C(C)=O)c2c(Br)cc(C(F)(C(F)(F)F)C(F)(F)F)cc2OC(F)F)cccc1N(C)C(=O)c1ccncc1. The smallest absolute Gasteiger partial charge is 0.435 e. The molecule has 37 heteroatoms. The largest absolute Gasteiger partial charge is 0.494 e. The third-order valence-corrected chi connectivity index (χ3v) is 13.4. The van der Waals surface area contributed by atoms with Crippen LogP contribution in [-0.2, 0) is 20.9 Å². The van der Waals surface area contributed by atoms with Crippen molar-refractivity contribution in [2.75, 3.05) is 48.3 Å². The molecule has 6 rings (SSSR count). The molecule has 492 valence electrons. The van der Waals surface area contributed by atoms with Crippen molar-refractivity contribution in [1.82, 2.24) is 9.97 Å². The Balaban J connectivity index is 0.000000322. The number of carbonyl (C=O) groups is 6. The zero-order valence-electron chi connectivity index (χ0n) is 46.3. The zero-order chi connectivity index (χ0) is 69.3. The monoisotopic (exact) mass is 1470 g/mol. The fourth-order valence-electron chi connectivity index (χ4n) is 7.87. The molecule has 0 atom stereocenters. The van der Waals surface area contributed by atoms with Gasteiger partial charge in [0.2, 0.25) is 11.8 Å². The Morgan fingerprint density at radius 3 is 1.24 bits per heavy atom. The number of nitrogens with one attached hydrogen (secondary N) is 1. The Bertz CT molecular complexity index is 3620. The maximum atomic E-state index is 14.8. The van der Waals surface area contributed by atoms with E-state index in [1.54, 1.807) is 37.4 Å². The lowest BCUT2D eigenvalue weighted by Gasteiger charge is -2.32. The van der Waals surface area contributed by atoms with Crippen molar-refractivity contribution in [2.24, 2.45) is 0 Å². The van der Waals surface area contributed by atoms with E-state index in [0.29, 0.717) is 18.2 Å². The number of ether oxygens (including phenoxy) is 4. The maximum absolute atomic E-state index is 14.8. The molecule has 0 radical (unpaired) electrons. The number of methoxy groups -OCH3 is 2. The van der Waals surface area contributed by atoms with Gasteiger partial charge in [-0.1, -0.05) is 12.1 Å². The normalized spacial score (nSPS) is 11.9. The number of amides is 5. The molecule has 91 heavy (non-hydrogen) atoms. The predicted octanol–water partition coefficient (Wildman–Crippen LogP) is 15.3. The highest BCUT2D eigenvalue weighted by atomic mass is 79.9. The van der Waals surface area contributed by atoms with Gasteiger partial charge in [-0.25, -0.2) is 13.7 Å². The summed E-state index contributed by atoms with van der Waals surface area (Å²) in [7, 11) is 5.39. The topological polar surface area (TPSA) is 187 Å². The molecule has 1 N–H and O–H groups in total. The van der Waals surface area contributed by atoms with E-state index < -0.39 is 127 Å². The fraction of sp³-hybridized carbons (Fsp3) is 0.259. The van der Waals surface area contributed by atoms with Crippen molar-refractivity contribution in [3.63, 3.8) is 0 Å². The summed E-state index contributed by atoms with van der Waals surface area (Å²) in [5.74, 6) is -7.41. The van der Waals surface area contributed by atoms with E-state index in [1.807, 2.05) is 5.32 Å². The Morgan fingerprint density at radius 1 is 0.527 bits per heavy atom. The molecule has 2 aromatic heterocycles. The number of para-hydroxylation sites is 2. The molecule has 0 saturated heterocycles. The summed E-state index contributed by atoms with van der Waals surface area (Å²) in [6.07, 6.45) is -20.4. The van der Waals surface area contributed by atoms with Gasteiger partial charge in [-0.2, -0.15) is 70.2 Å². The molecule has 4 aromatic carbocycles. The lowest BCUT2D eigenvalue weighted by molar-refractivity contribution is -0.349. The summed E-state index contributed by atoms with van der Waals surface area (Å²) in [4.78, 5) is 84.6. The highest BCUT2D eigenvalue weighted by Crippen LogP contribution is 2.57. The molecule has 0 unspecified atom stereocenters. The number of hydrogen-bond acceptors (Lipinski definition) is 12. The number of imide groups is 1. The molecule has 0 aliphatic carbocycles. The van der Waals surface area contributed by atoms with E-state index in [9.17, 15) is 108 Å². The van der Waals surface area contributed by atoms with Gasteiger partial charge in [-0.05, 0) is 116 Å². The minimum absolute atomic E-state index is 0.0512. The third kappa shape index (κ3) is 16.8. The van der Waals surface area contributed by atoms with Crippen molar-refractivity contribution in [1.29, 1.82) is 0 Å². The van der Waals surface area contributed by atoms with E-state index >= 15 is 0 Å². The predicted molar refractivity (Wildman–Crippen MR) is 293 cm³/mol. The van der Waals surface area contributed by atoms with Crippen LogP contribution < -0.4 is 39.0 Å². The second kappa shape index (κ2) is 29.7. The number of carbonyl (C=O) groups excluding carboxylic acids is 6. The molecule has 0 aliphatic rings. The Morgan fingerprint density at radius 2 is 0.890 bits per heavy atom. The van der Waals surface area contributed by atoms with Crippen LogP contribution in [0.1, 0.15) is 66.4 Å². The van der Waals surface area contributed by atoms with Gasteiger partial charge in [-0.3, -0.25) is 38.7 Å². The summed E-state index contributed by atoms with van der Waals surface area (Å²) < 4.78 is 254. The highest BCUT2D eigenvalue weighted by Gasteiger charge is 2.75. The quantitative estimate of drug-likeness (QED) is 0.0715. The van der Waals surface area contributed by atoms with E-state index in [-0.39, 0.29) is 63.4 Å². The van der Waals surface area contributed by atoms with Crippen molar-refractivity contribution >= 4 is 101 Å². The highest BCUT2D eigenvalue weighted by molar-refractivity contribution is 9.11. The second-order valence-electron chi connectivity index (χ2n) is 17.7. The number of hydrogen-bond donors (Lipinski definition) is 1. The van der Waals surface area contributed by atoms with Gasteiger partial charge in [0.1, 0.15) is 5.69 Å². The number of anilines is 4. The van der Waals surface area contributed by atoms with Crippen molar-refractivity contribution in [3.05, 3.63) is 152 Å². The van der Waals surface area contributed by atoms with E-state index in [4.69, 9.17) is 21.1 Å². The zero-order valence-corrected chi connectivity index (χ0v) is 50.2. The minimum Gasteiger partial charge on any atom is -0.494 e. The average Bonchev–Trinajstić information content (AvgIpc) is 0.757. The van der Waals surface area contributed by atoms with Gasteiger partial charge >= 0.3 is 49.3 Å². The molecular weight excluding hydrogens is 1430 g/mol. The molecule has 0 bridgehead atoms. The molecule has 5 amide bonds. The standard InChI is InChI=1S/C27H19BrF9N3O5.C15H13ClN2O3.C12H7BrF9NO2/c1-13(41)40(20-17(28)11-15(12-19(20)45-24(29)30)25(31,26(32,33)34)27(35,36)37)23(43)16-5-4-6-18(21(16)44-3)39(2)22(42)14-7-9-38-10-8-14;1-18(15(20)10-6-8-17-9-7-10)12-5-3-4-11(14(16)19)13(12)21-2;1-4(24)23-8-6(13)2-5(3-7(8)25-9(14)15)10(16,11(17,18)19)12(20,21)22/h4-12,24H,1-3H3;3-9H,1-2H3;2-3,9H,1H3,(H,23,24). The van der Waals surface area contributed by atoms with Crippen LogP contribution in [0.3, 0.4) is 0 Å². The number of rotatable bonds is 16. The van der Waals surface area contributed by atoms with Crippen LogP contribution in [0.2, 0.25) is 0 Å². The van der Waals surface area contributed by atoms with Gasteiger partial charge in [0, 0.05) is 83.9 Å². The summed E-state index contributed by atoms with van der Waals surface area (Å²) in [6.45, 7) is -5.99. The number of halogens is 21. The molecule has 0 saturated carbocycles. The molecule has 0 fully saturated rings. The molecule has 2 heterocycles. The molecule has 6 aromatic rings. The Labute approximate surface area is 522 Å². The number of pyridine rings is 2. The van der Waals surface area contributed by atoms with E-state index in [1.165, 1.54) is 68.1 Å². The lowest BCUT2D eigenvalue weighted by atomic mass is 9.93. The number of nitrogens with zero attached hydrogens (tertiary/aromatic N) is 5. The third-order valence-electron chi connectivity index (χ3n) is 11.9. The van der Waals surface area contributed by atoms with Gasteiger partial charge in [0.05, 0.1) is 42.4 Å². The Kier molecular flexibility index (Phi) is 24.5. The second-order valence-corrected chi connectivity index (χ2v) is 19.8. The Hall–Kier alpha value is -8.41. The van der Waals surface area contributed by atoms with E-state index in [2.05, 4.69) is 51.3 Å². The van der Waals surface area contributed by atoms with Crippen LogP contribution in [0, 0.1) is 0 Å². The first kappa shape index (κ1) is 75.1. The van der Waals surface area contributed by atoms with Crippen molar-refractivity contribution in [3.8, 4) is 23.0 Å². The average molecular weight is 1470 g/mol. The number of aromatic nitrogens is 2. The first-order valence-electron chi connectivity index (χ1n) is 24.2. The first-order chi connectivity index (χ1) is 41.9. The van der Waals surface area contributed by atoms with E-state index in [0.717, 1.165) is 25.0 Å².